The van der Waals surface area contributed by atoms with Crippen LogP contribution in [0.25, 0.3) is 10.2 Å². The second kappa shape index (κ2) is 5.61. The van der Waals surface area contributed by atoms with E-state index < -0.39 is 11.7 Å². The molecule has 112 valence electrons. The maximum atomic E-state index is 13.6. The predicted octanol–water partition coefficient (Wildman–Crippen LogP) is 3.40. The molecule has 1 heterocycles. The number of nitrogens with one attached hydrogen (secondary N) is 1. The van der Waals surface area contributed by atoms with Gasteiger partial charge in [0.1, 0.15) is 5.75 Å². The van der Waals surface area contributed by atoms with Gasteiger partial charge in [0.15, 0.2) is 16.7 Å². The lowest BCUT2D eigenvalue weighted by Gasteiger charge is -2.08. The molecule has 2 N–H and O–H groups in total. The van der Waals surface area contributed by atoms with Crippen molar-refractivity contribution < 1.29 is 19.0 Å². The van der Waals surface area contributed by atoms with Crippen molar-refractivity contribution in [2.75, 3.05) is 12.4 Å². The molecule has 0 aliphatic carbocycles. The molecular weight excluding hydrogens is 307 g/mol. The minimum Gasteiger partial charge on any atom is -0.508 e. The number of phenolic OH excluding ortho intramolecular Hbond substituents is 1. The van der Waals surface area contributed by atoms with Gasteiger partial charge >= 0.3 is 0 Å². The van der Waals surface area contributed by atoms with Crippen molar-refractivity contribution in [1.29, 1.82) is 0 Å². The Balaban J connectivity index is 1.91. The fourth-order valence-electron chi connectivity index (χ4n) is 2.03. The van der Waals surface area contributed by atoms with E-state index in [0.29, 0.717) is 10.6 Å². The zero-order chi connectivity index (χ0) is 15.7. The molecule has 1 aromatic heterocycles. The number of halogens is 1. The maximum absolute atomic E-state index is 13.6. The number of anilines is 1. The Morgan fingerprint density at radius 3 is 2.95 bits per heavy atom. The lowest BCUT2D eigenvalue weighted by Crippen LogP contribution is -2.13. The van der Waals surface area contributed by atoms with E-state index in [1.807, 2.05) is 0 Å². The number of hydrogen-bond acceptors (Lipinski definition) is 5. The average Bonchev–Trinajstić information content (AvgIpc) is 2.88. The number of amides is 1. The molecule has 22 heavy (non-hydrogen) atoms. The Morgan fingerprint density at radius 1 is 1.36 bits per heavy atom. The third kappa shape index (κ3) is 2.58. The molecule has 1 amide bonds. The summed E-state index contributed by atoms with van der Waals surface area (Å²) in [6, 6.07) is 8.85. The summed E-state index contributed by atoms with van der Waals surface area (Å²) < 4.78 is 19.3. The van der Waals surface area contributed by atoms with Gasteiger partial charge in [0.05, 0.1) is 22.9 Å². The van der Waals surface area contributed by atoms with E-state index >= 15 is 0 Å². The molecule has 3 rings (SSSR count). The molecule has 5 nitrogen and oxygen atoms in total. The molecule has 0 aliphatic rings. The van der Waals surface area contributed by atoms with Crippen molar-refractivity contribution in [2.24, 2.45) is 0 Å². The van der Waals surface area contributed by atoms with Crippen LogP contribution < -0.4 is 10.1 Å². The highest BCUT2D eigenvalue weighted by Gasteiger charge is 2.17. The van der Waals surface area contributed by atoms with Gasteiger partial charge in [-0.3, -0.25) is 10.1 Å². The zero-order valence-corrected chi connectivity index (χ0v) is 12.3. The van der Waals surface area contributed by atoms with Crippen molar-refractivity contribution in [3.05, 3.63) is 47.8 Å². The average molecular weight is 318 g/mol. The van der Waals surface area contributed by atoms with Gasteiger partial charge in [-0.25, -0.2) is 9.37 Å². The maximum Gasteiger partial charge on any atom is 0.261 e. The molecule has 0 spiro atoms. The summed E-state index contributed by atoms with van der Waals surface area (Å²) in [4.78, 5) is 16.5. The third-order valence-corrected chi connectivity index (χ3v) is 3.94. The normalized spacial score (nSPS) is 10.6. The van der Waals surface area contributed by atoms with Gasteiger partial charge in [-0.1, -0.05) is 17.4 Å². The van der Waals surface area contributed by atoms with Crippen LogP contribution in [0.3, 0.4) is 0 Å². The fourth-order valence-corrected chi connectivity index (χ4v) is 2.92. The van der Waals surface area contributed by atoms with Crippen molar-refractivity contribution >= 4 is 32.6 Å². The number of benzene rings is 2. The van der Waals surface area contributed by atoms with Gasteiger partial charge in [-0.05, 0) is 30.3 Å². The number of phenols is 1. The number of fused-ring (bicyclic) bond motifs is 1. The summed E-state index contributed by atoms with van der Waals surface area (Å²) in [5.74, 6) is -1.11. The lowest BCUT2D eigenvalue weighted by atomic mass is 10.2. The van der Waals surface area contributed by atoms with E-state index in [-0.39, 0.29) is 17.1 Å². The van der Waals surface area contributed by atoms with Crippen LogP contribution in [0.4, 0.5) is 9.52 Å². The summed E-state index contributed by atoms with van der Waals surface area (Å²) in [5, 5.41) is 12.4. The van der Waals surface area contributed by atoms with Crippen LogP contribution in [-0.2, 0) is 0 Å². The monoisotopic (exact) mass is 318 g/mol. The summed E-state index contributed by atoms with van der Waals surface area (Å²) >= 11 is 1.21. The Hall–Kier alpha value is -2.67. The summed E-state index contributed by atoms with van der Waals surface area (Å²) in [6.07, 6.45) is 0. The van der Waals surface area contributed by atoms with Crippen LogP contribution in [0.15, 0.2) is 36.4 Å². The van der Waals surface area contributed by atoms with Gasteiger partial charge in [0, 0.05) is 0 Å². The number of aromatic nitrogens is 1. The van der Waals surface area contributed by atoms with Crippen molar-refractivity contribution in [3.8, 4) is 11.5 Å². The number of thiazole rings is 1. The Morgan fingerprint density at radius 2 is 2.18 bits per heavy atom. The highest BCUT2D eigenvalue weighted by Crippen LogP contribution is 2.30. The first kappa shape index (κ1) is 14.3. The molecule has 0 atom stereocenters. The number of carbonyl (C=O) groups is 1. The quantitative estimate of drug-likeness (QED) is 0.776. The Bertz CT molecular complexity index is 863. The smallest absolute Gasteiger partial charge is 0.261 e. The van der Waals surface area contributed by atoms with Crippen molar-refractivity contribution in [2.45, 2.75) is 0 Å². The molecule has 0 bridgehead atoms. The number of hydrogen-bond donors (Lipinski definition) is 2. The standard InChI is InChI=1S/C15H11FN2O3S/c1-21-13-9(3-2-4-10(13)16)14(20)18-15-17-11-6-5-8(19)7-12(11)22-15/h2-7,19H,1H3,(H,17,18,20). The van der Waals surface area contributed by atoms with Crippen LogP contribution in [0.5, 0.6) is 11.5 Å². The van der Waals surface area contributed by atoms with Crippen molar-refractivity contribution in [3.63, 3.8) is 0 Å². The second-order valence-corrected chi connectivity index (χ2v) is 5.48. The first-order valence-corrected chi connectivity index (χ1v) is 7.13. The molecular formula is C15H11FN2O3S. The van der Waals surface area contributed by atoms with Gasteiger partial charge in [-0.2, -0.15) is 0 Å². The predicted molar refractivity (Wildman–Crippen MR) is 82.2 cm³/mol. The molecule has 0 saturated heterocycles. The number of aromatic hydroxyl groups is 1. The highest BCUT2D eigenvalue weighted by atomic mass is 32.1. The van der Waals surface area contributed by atoms with Gasteiger partial charge in [0.25, 0.3) is 5.91 Å². The number of nitrogens with zero attached hydrogens (tertiary/aromatic N) is 1. The largest absolute Gasteiger partial charge is 0.508 e. The van der Waals surface area contributed by atoms with E-state index in [2.05, 4.69) is 10.3 Å². The Labute approximate surface area is 129 Å². The van der Waals surface area contributed by atoms with Crippen LogP contribution in [-0.4, -0.2) is 23.1 Å². The molecule has 0 aliphatic heterocycles. The van der Waals surface area contributed by atoms with Crippen LogP contribution in [0, 0.1) is 5.82 Å². The molecule has 2 aromatic carbocycles. The molecule has 7 heteroatoms. The fraction of sp³-hybridized carbons (Fsp3) is 0.0667. The van der Waals surface area contributed by atoms with Gasteiger partial charge < -0.3 is 9.84 Å². The van der Waals surface area contributed by atoms with Crippen LogP contribution >= 0.6 is 11.3 Å². The van der Waals surface area contributed by atoms with Crippen LogP contribution in [0.2, 0.25) is 0 Å². The highest BCUT2D eigenvalue weighted by molar-refractivity contribution is 7.22. The number of methoxy groups -OCH3 is 1. The zero-order valence-electron chi connectivity index (χ0n) is 11.5. The first-order chi connectivity index (χ1) is 10.6. The molecule has 0 fully saturated rings. The molecule has 0 unspecified atom stereocenters. The number of rotatable bonds is 3. The van der Waals surface area contributed by atoms with E-state index in [9.17, 15) is 14.3 Å². The summed E-state index contributed by atoms with van der Waals surface area (Å²) in [6.45, 7) is 0. The number of carbonyl (C=O) groups excluding carboxylic acids is 1. The van der Waals surface area contributed by atoms with Crippen LogP contribution in [0.1, 0.15) is 10.4 Å². The molecule has 3 aromatic rings. The number of para-hydroxylation sites is 1. The van der Waals surface area contributed by atoms with Gasteiger partial charge in [0.2, 0.25) is 0 Å². The van der Waals surface area contributed by atoms with Gasteiger partial charge in [-0.15, -0.1) is 0 Å². The van der Waals surface area contributed by atoms with E-state index in [0.717, 1.165) is 4.70 Å². The van der Waals surface area contributed by atoms with E-state index in [1.54, 1.807) is 12.1 Å². The lowest BCUT2D eigenvalue weighted by molar-refractivity contribution is 0.102. The summed E-state index contributed by atoms with van der Waals surface area (Å²) in [7, 11) is 1.30. The summed E-state index contributed by atoms with van der Waals surface area (Å²) in [5.41, 5.74) is 0.744. The number of ether oxygens (including phenoxy) is 1. The SMILES string of the molecule is COc1c(F)cccc1C(=O)Nc1nc2ccc(O)cc2s1. The van der Waals surface area contributed by atoms with E-state index in [4.69, 9.17) is 4.74 Å². The van der Waals surface area contributed by atoms with E-state index in [1.165, 1.54) is 42.7 Å². The topological polar surface area (TPSA) is 71.5 Å². The molecule has 0 saturated carbocycles. The first-order valence-electron chi connectivity index (χ1n) is 6.32. The molecule has 0 radical (unpaired) electrons. The minimum atomic E-state index is -0.607. The van der Waals surface area contributed by atoms with Crippen molar-refractivity contribution in [1.82, 2.24) is 4.98 Å². The third-order valence-electron chi connectivity index (χ3n) is 3.01. The Kier molecular flexibility index (Phi) is 3.64. The minimum absolute atomic E-state index is 0.0876. The second-order valence-electron chi connectivity index (χ2n) is 4.45.